The molecule has 0 N–H and O–H groups in total. The van der Waals surface area contributed by atoms with Gasteiger partial charge in [0, 0.05) is 17.5 Å². The normalized spacial score (nSPS) is 18.9. The van der Waals surface area contributed by atoms with Crippen molar-refractivity contribution >= 4 is 17.7 Å². The van der Waals surface area contributed by atoms with E-state index in [4.69, 9.17) is 4.74 Å². The molecule has 110 valence electrons. The van der Waals surface area contributed by atoms with Gasteiger partial charge in [-0.15, -0.1) is 11.8 Å². The predicted molar refractivity (Wildman–Crippen MR) is 83.4 cm³/mol. The van der Waals surface area contributed by atoms with Crippen LogP contribution in [-0.4, -0.2) is 36.3 Å². The van der Waals surface area contributed by atoms with E-state index in [1.165, 1.54) is 6.42 Å². The predicted octanol–water partition coefficient (Wildman–Crippen LogP) is 3.58. The number of hydrogen-bond acceptors (Lipinski definition) is 3. The minimum absolute atomic E-state index is 0.268. The molecule has 3 nitrogen and oxygen atoms in total. The van der Waals surface area contributed by atoms with Gasteiger partial charge >= 0.3 is 0 Å². The summed E-state index contributed by atoms with van der Waals surface area (Å²) in [5.74, 6) is 1.63. The van der Waals surface area contributed by atoms with Crippen molar-refractivity contribution in [2.24, 2.45) is 0 Å². The standard InChI is InChI=1S/C16H23NO2S/c1-3-13-7-4-5-10-17(13)16(18)12-20-15-9-6-8-14(11-15)19-2/h6,8-9,11,13H,3-5,7,10,12H2,1-2H3. The summed E-state index contributed by atoms with van der Waals surface area (Å²) in [4.78, 5) is 15.5. The van der Waals surface area contributed by atoms with Crippen LogP contribution in [0.4, 0.5) is 0 Å². The second kappa shape index (κ2) is 7.58. The Hall–Kier alpha value is -1.16. The van der Waals surface area contributed by atoms with E-state index >= 15 is 0 Å². The summed E-state index contributed by atoms with van der Waals surface area (Å²) in [6.45, 7) is 3.10. The maximum atomic E-state index is 12.4. The van der Waals surface area contributed by atoms with E-state index < -0.39 is 0 Å². The highest BCUT2D eigenvalue weighted by Crippen LogP contribution is 2.25. The smallest absolute Gasteiger partial charge is 0.233 e. The molecule has 0 aliphatic carbocycles. The molecule has 1 heterocycles. The summed E-state index contributed by atoms with van der Waals surface area (Å²) in [6.07, 6.45) is 4.62. The monoisotopic (exact) mass is 293 g/mol. The minimum atomic E-state index is 0.268. The summed E-state index contributed by atoms with van der Waals surface area (Å²) >= 11 is 1.59. The van der Waals surface area contributed by atoms with Crippen LogP contribution in [0.5, 0.6) is 5.75 Å². The lowest BCUT2D eigenvalue weighted by atomic mass is 10.0. The summed E-state index contributed by atoms with van der Waals surface area (Å²) < 4.78 is 5.20. The minimum Gasteiger partial charge on any atom is -0.497 e. The Morgan fingerprint density at radius 2 is 2.30 bits per heavy atom. The van der Waals surface area contributed by atoms with Crippen molar-refractivity contribution in [3.63, 3.8) is 0 Å². The first-order valence-electron chi connectivity index (χ1n) is 7.31. The number of hydrogen-bond donors (Lipinski definition) is 0. The van der Waals surface area contributed by atoms with E-state index in [0.29, 0.717) is 11.8 Å². The van der Waals surface area contributed by atoms with Gasteiger partial charge in [0.05, 0.1) is 12.9 Å². The molecular weight excluding hydrogens is 270 g/mol. The number of methoxy groups -OCH3 is 1. The Kier molecular flexibility index (Phi) is 5.77. The third-order valence-corrected chi connectivity index (χ3v) is 4.80. The number of ether oxygens (including phenoxy) is 1. The van der Waals surface area contributed by atoms with Gasteiger partial charge in [0.2, 0.25) is 5.91 Å². The van der Waals surface area contributed by atoms with Gasteiger partial charge in [-0.05, 0) is 43.9 Å². The van der Waals surface area contributed by atoms with E-state index in [1.54, 1.807) is 18.9 Å². The summed E-state index contributed by atoms with van der Waals surface area (Å²) in [7, 11) is 1.66. The van der Waals surface area contributed by atoms with Crippen LogP contribution < -0.4 is 4.74 Å². The molecule has 1 aromatic carbocycles. The highest BCUT2D eigenvalue weighted by Gasteiger charge is 2.24. The SMILES string of the molecule is CCC1CCCCN1C(=O)CSc1cccc(OC)c1. The Labute approximate surface area is 125 Å². The van der Waals surface area contributed by atoms with Gasteiger partial charge < -0.3 is 9.64 Å². The first-order chi connectivity index (χ1) is 9.74. The number of likely N-dealkylation sites (tertiary alicyclic amines) is 1. The fourth-order valence-corrected chi connectivity index (χ4v) is 3.50. The molecule has 1 aliphatic rings. The molecule has 0 spiro atoms. The molecule has 0 saturated carbocycles. The van der Waals surface area contributed by atoms with Gasteiger partial charge in [-0.25, -0.2) is 0 Å². The van der Waals surface area contributed by atoms with Crippen molar-refractivity contribution in [2.45, 2.75) is 43.5 Å². The number of carbonyl (C=O) groups excluding carboxylic acids is 1. The van der Waals surface area contributed by atoms with Gasteiger partial charge in [0.1, 0.15) is 5.75 Å². The molecule has 1 saturated heterocycles. The number of benzene rings is 1. The number of thioether (sulfide) groups is 1. The van der Waals surface area contributed by atoms with Crippen LogP contribution in [0.25, 0.3) is 0 Å². The molecule has 1 atom stereocenters. The van der Waals surface area contributed by atoms with Crippen LogP contribution >= 0.6 is 11.8 Å². The highest BCUT2D eigenvalue weighted by molar-refractivity contribution is 8.00. The van der Waals surface area contributed by atoms with E-state index in [2.05, 4.69) is 11.8 Å². The zero-order chi connectivity index (χ0) is 14.4. The fourth-order valence-electron chi connectivity index (χ4n) is 2.67. The van der Waals surface area contributed by atoms with Gasteiger partial charge in [0.25, 0.3) is 0 Å². The van der Waals surface area contributed by atoms with E-state index in [0.717, 1.165) is 36.5 Å². The lowest BCUT2D eigenvalue weighted by Crippen LogP contribution is -2.44. The maximum Gasteiger partial charge on any atom is 0.233 e. The van der Waals surface area contributed by atoms with Crippen molar-refractivity contribution in [3.8, 4) is 5.75 Å². The van der Waals surface area contributed by atoms with Crippen LogP contribution in [0, 0.1) is 0 Å². The van der Waals surface area contributed by atoms with E-state index in [9.17, 15) is 4.79 Å². The van der Waals surface area contributed by atoms with Gasteiger partial charge in [0.15, 0.2) is 0 Å². The lowest BCUT2D eigenvalue weighted by molar-refractivity contribution is -0.132. The molecule has 2 rings (SSSR count). The highest BCUT2D eigenvalue weighted by atomic mass is 32.2. The zero-order valence-electron chi connectivity index (χ0n) is 12.3. The molecular formula is C16H23NO2S. The summed E-state index contributed by atoms with van der Waals surface area (Å²) in [5, 5.41) is 0. The summed E-state index contributed by atoms with van der Waals surface area (Å²) in [6, 6.07) is 8.33. The average Bonchev–Trinajstić information content (AvgIpc) is 2.52. The average molecular weight is 293 g/mol. The molecule has 1 unspecified atom stereocenters. The molecule has 0 aromatic heterocycles. The molecule has 4 heteroatoms. The molecule has 1 aromatic rings. The topological polar surface area (TPSA) is 29.5 Å². The van der Waals surface area contributed by atoms with Crippen molar-refractivity contribution < 1.29 is 9.53 Å². The quantitative estimate of drug-likeness (QED) is 0.777. The molecule has 20 heavy (non-hydrogen) atoms. The first-order valence-corrected chi connectivity index (χ1v) is 8.29. The number of nitrogens with zero attached hydrogens (tertiary/aromatic N) is 1. The second-order valence-corrected chi connectivity index (χ2v) is 6.16. The Morgan fingerprint density at radius 1 is 1.45 bits per heavy atom. The van der Waals surface area contributed by atoms with E-state index in [-0.39, 0.29) is 5.91 Å². The maximum absolute atomic E-state index is 12.4. The van der Waals surface area contributed by atoms with Crippen LogP contribution in [-0.2, 0) is 4.79 Å². The molecule has 0 bridgehead atoms. The number of rotatable bonds is 5. The van der Waals surface area contributed by atoms with Gasteiger partial charge in [-0.2, -0.15) is 0 Å². The second-order valence-electron chi connectivity index (χ2n) is 5.11. The van der Waals surface area contributed by atoms with Crippen molar-refractivity contribution in [1.82, 2.24) is 4.90 Å². The number of carbonyl (C=O) groups is 1. The Balaban J connectivity index is 1.90. The zero-order valence-corrected chi connectivity index (χ0v) is 13.1. The molecule has 1 amide bonds. The third kappa shape index (κ3) is 3.92. The molecule has 1 fully saturated rings. The Bertz CT molecular complexity index is 450. The fraction of sp³-hybridized carbons (Fsp3) is 0.562. The third-order valence-electron chi connectivity index (χ3n) is 3.82. The van der Waals surface area contributed by atoms with Gasteiger partial charge in [-0.3, -0.25) is 4.79 Å². The van der Waals surface area contributed by atoms with Crippen LogP contribution in [0.3, 0.4) is 0 Å². The lowest BCUT2D eigenvalue weighted by Gasteiger charge is -2.35. The van der Waals surface area contributed by atoms with Crippen molar-refractivity contribution in [2.75, 3.05) is 19.4 Å². The summed E-state index contributed by atoms with van der Waals surface area (Å²) in [5.41, 5.74) is 0. The van der Waals surface area contributed by atoms with Gasteiger partial charge in [-0.1, -0.05) is 13.0 Å². The van der Waals surface area contributed by atoms with Crippen molar-refractivity contribution in [3.05, 3.63) is 24.3 Å². The van der Waals surface area contributed by atoms with E-state index in [1.807, 2.05) is 24.3 Å². The van der Waals surface area contributed by atoms with Crippen molar-refractivity contribution in [1.29, 1.82) is 0 Å². The van der Waals surface area contributed by atoms with Crippen LogP contribution in [0.1, 0.15) is 32.6 Å². The van der Waals surface area contributed by atoms with Crippen LogP contribution in [0.2, 0.25) is 0 Å². The Morgan fingerprint density at radius 3 is 3.05 bits per heavy atom. The molecule has 0 radical (unpaired) electrons. The largest absolute Gasteiger partial charge is 0.497 e. The molecule has 1 aliphatic heterocycles. The van der Waals surface area contributed by atoms with Crippen LogP contribution in [0.15, 0.2) is 29.2 Å². The first kappa shape index (κ1) is 15.2. The number of amides is 1. The number of piperidine rings is 1.